The highest BCUT2D eigenvalue weighted by atomic mass is 16.5. The van der Waals surface area contributed by atoms with Gasteiger partial charge < -0.3 is 15.8 Å². The van der Waals surface area contributed by atoms with E-state index in [0.29, 0.717) is 12.1 Å². The van der Waals surface area contributed by atoms with E-state index >= 15 is 0 Å². The van der Waals surface area contributed by atoms with Crippen LogP contribution in [0.2, 0.25) is 0 Å². The summed E-state index contributed by atoms with van der Waals surface area (Å²) in [7, 11) is 0. The summed E-state index contributed by atoms with van der Waals surface area (Å²) in [6.07, 6.45) is 3.73. The van der Waals surface area contributed by atoms with Crippen LogP contribution in [0.3, 0.4) is 0 Å². The second kappa shape index (κ2) is 5.80. The molecule has 0 aromatic carbocycles. The SMILES string of the molecule is N[C@H]1CCC[C@@H]1NCCN1CCOCC1. The first-order chi connectivity index (χ1) is 7.36. The number of nitrogens with zero attached hydrogens (tertiary/aromatic N) is 1. The average molecular weight is 213 g/mol. The van der Waals surface area contributed by atoms with Crippen molar-refractivity contribution in [3.63, 3.8) is 0 Å². The zero-order chi connectivity index (χ0) is 10.5. The van der Waals surface area contributed by atoms with E-state index in [-0.39, 0.29) is 0 Å². The van der Waals surface area contributed by atoms with Crippen molar-refractivity contribution in [3.8, 4) is 0 Å². The molecule has 4 nitrogen and oxygen atoms in total. The zero-order valence-electron chi connectivity index (χ0n) is 9.45. The van der Waals surface area contributed by atoms with Gasteiger partial charge in [0.25, 0.3) is 0 Å². The number of nitrogens with two attached hydrogens (primary N) is 1. The molecular weight excluding hydrogens is 190 g/mol. The molecule has 4 heteroatoms. The van der Waals surface area contributed by atoms with Gasteiger partial charge in [-0.05, 0) is 12.8 Å². The van der Waals surface area contributed by atoms with E-state index in [2.05, 4.69) is 10.2 Å². The fraction of sp³-hybridized carbons (Fsp3) is 1.00. The minimum Gasteiger partial charge on any atom is -0.379 e. The molecule has 0 aromatic rings. The minimum atomic E-state index is 0.384. The van der Waals surface area contributed by atoms with E-state index in [1.165, 1.54) is 19.3 Å². The van der Waals surface area contributed by atoms with Crippen LogP contribution in [0.5, 0.6) is 0 Å². The molecule has 0 radical (unpaired) electrons. The van der Waals surface area contributed by atoms with E-state index in [4.69, 9.17) is 10.5 Å². The smallest absolute Gasteiger partial charge is 0.0594 e. The van der Waals surface area contributed by atoms with Gasteiger partial charge >= 0.3 is 0 Å². The van der Waals surface area contributed by atoms with Gasteiger partial charge in [0, 0.05) is 38.3 Å². The van der Waals surface area contributed by atoms with Gasteiger partial charge in [-0.1, -0.05) is 6.42 Å². The molecule has 0 unspecified atom stereocenters. The van der Waals surface area contributed by atoms with Gasteiger partial charge in [-0.15, -0.1) is 0 Å². The normalized spacial score (nSPS) is 33.4. The number of ether oxygens (including phenoxy) is 1. The van der Waals surface area contributed by atoms with Crippen molar-refractivity contribution in [3.05, 3.63) is 0 Å². The third-order valence-electron chi connectivity index (χ3n) is 3.51. The molecule has 0 amide bonds. The highest BCUT2D eigenvalue weighted by Crippen LogP contribution is 2.16. The minimum absolute atomic E-state index is 0.384. The van der Waals surface area contributed by atoms with E-state index in [9.17, 15) is 0 Å². The molecule has 0 aromatic heterocycles. The lowest BCUT2D eigenvalue weighted by molar-refractivity contribution is 0.0381. The number of rotatable bonds is 4. The topological polar surface area (TPSA) is 50.5 Å². The van der Waals surface area contributed by atoms with Crippen LogP contribution >= 0.6 is 0 Å². The molecule has 2 atom stereocenters. The Morgan fingerprint density at radius 1 is 1.27 bits per heavy atom. The van der Waals surface area contributed by atoms with Crippen molar-refractivity contribution in [1.82, 2.24) is 10.2 Å². The number of nitrogens with one attached hydrogen (secondary N) is 1. The zero-order valence-corrected chi connectivity index (χ0v) is 9.45. The summed E-state index contributed by atoms with van der Waals surface area (Å²) in [6, 6.07) is 0.945. The van der Waals surface area contributed by atoms with E-state index < -0.39 is 0 Å². The van der Waals surface area contributed by atoms with E-state index in [1.807, 2.05) is 0 Å². The van der Waals surface area contributed by atoms with Crippen molar-refractivity contribution in [1.29, 1.82) is 0 Å². The van der Waals surface area contributed by atoms with Crippen molar-refractivity contribution in [2.45, 2.75) is 31.3 Å². The summed E-state index contributed by atoms with van der Waals surface area (Å²) in [4.78, 5) is 2.46. The Bertz CT molecular complexity index is 183. The lowest BCUT2D eigenvalue weighted by Gasteiger charge is -2.27. The molecule has 2 rings (SSSR count). The van der Waals surface area contributed by atoms with Crippen molar-refractivity contribution in [2.24, 2.45) is 5.73 Å². The maximum absolute atomic E-state index is 6.00. The summed E-state index contributed by atoms with van der Waals surface area (Å²) in [5.41, 5.74) is 6.00. The highest BCUT2D eigenvalue weighted by molar-refractivity contribution is 4.85. The summed E-state index contributed by atoms with van der Waals surface area (Å²) in [6.45, 7) is 6.15. The molecule has 3 N–H and O–H groups in total. The molecule has 1 heterocycles. The van der Waals surface area contributed by atoms with Gasteiger partial charge in [0.05, 0.1) is 13.2 Å². The summed E-state index contributed by atoms with van der Waals surface area (Å²) in [5, 5.41) is 3.57. The van der Waals surface area contributed by atoms with Crippen molar-refractivity contribution >= 4 is 0 Å². The van der Waals surface area contributed by atoms with Crippen molar-refractivity contribution in [2.75, 3.05) is 39.4 Å². The monoisotopic (exact) mass is 213 g/mol. The molecule has 1 saturated heterocycles. The molecule has 88 valence electrons. The molecule has 15 heavy (non-hydrogen) atoms. The van der Waals surface area contributed by atoms with Gasteiger partial charge in [-0.25, -0.2) is 0 Å². The third kappa shape index (κ3) is 3.41. The predicted octanol–water partition coefficient (Wildman–Crippen LogP) is -0.212. The molecule has 1 saturated carbocycles. The fourth-order valence-electron chi connectivity index (χ4n) is 2.47. The summed E-state index contributed by atoms with van der Waals surface area (Å²) >= 11 is 0. The average Bonchev–Trinajstić information content (AvgIpc) is 2.66. The second-order valence-corrected chi connectivity index (χ2v) is 4.61. The predicted molar refractivity (Wildman–Crippen MR) is 60.9 cm³/mol. The number of hydrogen-bond acceptors (Lipinski definition) is 4. The van der Waals surface area contributed by atoms with Crippen LogP contribution in [0.25, 0.3) is 0 Å². The summed E-state index contributed by atoms with van der Waals surface area (Å²) < 4.78 is 5.31. The van der Waals surface area contributed by atoms with E-state index in [1.54, 1.807) is 0 Å². The van der Waals surface area contributed by atoms with Gasteiger partial charge in [0.1, 0.15) is 0 Å². The molecular formula is C11H23N3O. The maximum atomic E-state index is 6.00. The van der Waals surface area contributed by atoms with Crippen LogP contribution in [0.4, 0.5) is 0 Å². The van der Waals surface area contributed by atoms with Crippen LogP contribution in [0, 0.1) is 0 Å². The molecule has 1 aliphatic carbocycles. The molecule has 0 bridgehead atoms. The Balaban J connectivity index is 1.57. The Hall–Kier alpha value is -0.160. The van der Waals surface area contributed by atoms with Crippen LogP contribution in [0.15, 0.2) is 0 Å². The third-order valence-corrected chi connectivity index (χ3v) is 3.51. The Morgan fingerprint density at radius 3 is 2.73 bits per heavy atom. The Labute approximate surface area is 92.1 Å². The first kappa shape index (κ1) is 11.3. The Kier molecular flexibility index (Phi) is 4.38. The lowest BCUT2D eigenvalue weighted by atomic mass is 10.2. The fourth-order valence-corrected chi connectivity index (χ4v) is 2.47. The lowest BCUT2D eigenvalue weighted by Crippen LogP contribution is -2.46. The molecule has 2 fully saturated rings. The second-order valence-electron chi connectivity index (χ2n) is 4.61. The van der Waals surface area contributed by atoms with Crippen LogP contribution < -0.4 is 11.1 Å². The van der Waals surface area contributed by atoms with E-state index in [0.717, 1.165) is 39.4 Å². The van der Waals surface area contributed by atoms with Crippen molar-refractivity contribution < 1.29 is 4.74 Å². The number of hydrogen-bond donors (Lipinski definition) is 2. The molecule has 0 spiro atoms. The maximum Gasteiger partial charge on any atom is 0.0594 e. The van der Waals surface area contributed by atoms with Gasteiger partial charge in [0.15, 0.2) is 0 Å². The standard InChI is InChI=1S/C11H23N3O/c12-10-2-1-3-11(10)13-4-5-14-6-8-15-9-7-14/h10-11,13H,1-9,12H2/t10-,11-/m0/s1. The largest absolute Gasteiger partial charge is 0.379 e. The van der Waals surface area contributed by atoms with Gasteiger partial charge in [-0.3, -0.25) is 4.90 Å². The Morgan fingerprint density at radius 2 is 2.07 bits per heavy atom. The van der Waals surface area contributed by atoms with Crippen LogP contribution in [-0.2, 0) is 4.74 Å². The summed E-state index contributed by atoms with van der Waals surface area (Å²) in [5.74, 6) is 0. The quantitative estimate of drug-likeness (QED) is 0.678. The highest BCUT2D eigenvalue weighted by Gasteiger charge is 2.23. The van der Waals surface area contributed by atoms with Crippen LogP contribution in [0.1, 0.15) is 19.3 Å². The first-order valence-corrected chi connectivity index (χ1v) is 6.15. The van der Waals surface area contributed by atoms with Crippen LogP contribution in [-0.4, -0.2) is 56.4 Å². The first-order valence-electron chi connectivity index (χ1n) is 6.15. The molecule has 2 aliphatic rings. The van der Waals surface area contributed by atoms with Gasteiger partial charge in [0.2, 0.25) is 0 Å². The van der Waals surface area contributed by atoms with Gasteiger partial charge in [-0.2, -0.15) is 0 Å². The number of morpholine rings is 1. The molecule has 1 aliphatic heterocycles.